The first kappa shape index (κ1) is 97.4. The molecule has 0 aromatic heterocycles. The Balaban J connectivity index is 0.000000194. The topological polar surface area (TPSA) is 83.1 Å². The van der Waals surface area contributed by atoms with E-state index in [2.05, 4.69) is 120 Å². The third kappa shape index (κ3) is 37.7. The summed E-state index contributed by atoms with van der Waals surface area (Å²) in [5, 5.41) is 0. The second-order valence-corrected chi connectivity index (χ2v) is 37.0. The Morgan fingerprint density at radius 2 is 0.636 bits per heavy atom. The van der Waals surface area contributed by atoms with E-state index in [4.69, 9.17) is 42.6 Å². The number of hydrogen-bond acceptors (Lipinski definition) is 9. The summed E-state index contributed by atoms with van der Waals surface area (Å²) in [4.78, 5) is 0. The Hall–Kier alpha value is -1.40. The van der Waals surface area contributed by atoms with E-state index in [1.54, 1.807) is 19.3 Å². The molecule has 6 bridgehead atoms. The van der Waals surface area contributed by atoms with Crippen molar-refractivity contribution in [2.24, 2.45) is 112 Å². The summed E-state index contributed by atoms with van der Waals surface area (Å²) >= 11 is 0. The maximum atomic E-state index is 5.62. The number of benzene rings is 1. The monoisotopic (exact) mass is 1540 g/mol. The van der Waals surface area contributed by atoms with Gasteiger partial charge in [0.2, 0.25) is 0 Å². The minimum Gasteiger partial charge on any atom is -0.381 e. The summed E-state index contributed by atoms with van der Waals surface area (Å²) in [6.07, 6.45) is 67.8. The Bertz CT molecular complexity index is 2250. The van der Waals surface area contributed by atoms with Gasteiger partial charge in [0.05, 0.1) is 6.61 Å². The lowest BCUT2D eigenvalue weighted by Crippen LogP contribution is -2.55. The Kier molecular flexibility index (Phi) is 54.0. The first-order chi connectivity index (χ1) is 54.0. The van der Waals surface area contributed by atoms with Gasteiger partial charge in [-0.1, -0.05) is 186 Å². The van der Waals surface area contributed by atoms with Crippen molar-refractivity contribution in [3.63, 3.8) is 0 Å². The number of allylic oxidation sites excluding steroid dienone is 2. The molecule has 13 saturated carbocycles. The molecule has 0 spiro atoms. The molecular weight excluding hydrogens is 1360 g/mol. The van der Waals surface area contributed by atoms with Crippen LogP contribution in [0, 0.1) is 112 Å². The van der Waals surface area contributed by atoms with E-state index in [9.17, 15) is 0 Å². The fraction of sp³-hybridized carbons (Fsp3) is 0.921. The predicted molar refractivity (Wildman–Crippen MR) is 468 cm³/mol. The quantitative estimate of drug-likeness (QED) is 0.0533. The van der Waals surface area contributed by atoms with E-state index in [-0.39, 0.29) is 0 Å². The van der Waals surface area contributed by atoms with E-state index < -0.39 is 0 Å². The molecule has 1 aromatic carbocycles. The zero-order valence-electron chi connectivity index (χ0n) is 74.9. The molecule has 110 heavy (non-hydrogen) atoms. The highest BCUT2D eigenvalue weighted by Gasteiger charge is 2.55. The zero-order valence-corrected chi connectivity index (χ0v) is 74.9. The fourth-order valence-electron chi connectivity index (χ4n) is 22.4. The van der Waals surface area contributed by atoms with Crippen molar-refractivity contribution >= 4 is 0 Å². The molecule has 11 atom stereocenters. The SMILES string of the molecule is CCOCC(CC)(CC)CC.CCOCC1C2CCC3C(C2)CC31.CCOCC1CC2C=CC1C2.CCOCC1CCC(C2CCCCC2)CC1.CCOCC1CCC2CCCCC2C1.CCOCC1CCCC1.CCOCC1CCCCCC1.CCOCC1CCCCCCC1.CCOCC1Cc2ccccc2C1. The summed E-state index contributed by atoms with van der Waals surface area (Å²) < 4.78 is 49.3. The van der Waals surface area contributed by atoms with Gasteiger partial charge in [0.25, 0.3) is 0 Å². The molecule has 9 nitrogen and oxygen atoms in total. The predicted octanol–water partition coefficient (Wildman–Crippen LogP) is 27.2. The lowest BCUT2D eigenvalue weighted by atomic mass is 9.44. The van der Waals surface area contributed by atoms with E-state index in [0.29, 0.717) is 5.41 Å². The number of hydrogen-bond donors (Lipinski definition) is 0. The van der Waals surface area contributed by atoms with Crippen LogP contribution in [-0.4, -0.2) is 119 Å². The van der Waals surface area contributed by atoms with Crippen molar-refractivity contribution in [1.82, 2.24) is 0 Å². The lowest BCUT2D eigenvalue weighted by molar-refractivity contribution is -0.141. The summed E-state index contributed by atoms with van der Waals surface area (Å²) in [7, 11) is 0. The van der Waals surface area contributed by atoms with Crippen molar-refractivity contribution < 1.29 is 42.6 Å². The molecule has 1 aromatic rings. The summed E-state index contributed by atoms with van der Waals surface area (Å²) in [6, 6.07) is 8.73. The number of rotatable bonds is 31. The first-order valence-electron chi connectivity index (χ1n) is 49.0. The molecule has 642 valence electrons. The number of ether oxygens (including phenoxy) is 9. The second kappa shape index (κ2) is 61.0. The molecule has 0 amide bonds. The number of fused-ring (bicyclic) bond motifs is 5. The van der Waals surface area contributed by atoms with Gasteiger partial charge < -0.3 is 42.6 Å². The van der Waals surface area contributed by atoms with Gasteiger partial charge in [0.1, 0.15) is 0 Å². The van der Waals surface area contributed by atoms with Crippen LogP contribution >= 0.6 is 0 Å². The van der Waals surface area contributed by atoms with Crippen molar-refractivity contribution in [3.05, 3.63) is 47.5 Å². The molecule has 0 radical (unpaired) electrons. The Labute approximate surface area is 682 Å². The minimum absolute atomic E-state index is 0.454. The van der Waals surface area contributed by atoms with Gasteiger partial charge in [-0.15, -0.1) is 0 Å². The molecule has 15 aliphatic carbocycles. The highest BCUT2D eigenvalue weighted by Crippen LogP contribution is 2.63. The van der Waals surface area contributed by atoms with Crippen LogP contribution in [0.3, 0.4) is 0 Å². The molecule has 16 rings (SSSR count). The third-order valence-corrected chi connectivity index (χ3v) is 29.7. The Morgan fingerprint density at radius 1 is 0.273 bits per heavy atom. The van der Waals surface area contributed by atoms with Crippen LogP contribution < -0.4 is 0 Å². The van der Waals surface area contributed by atoms with Crippen LogP contribution in [0.1, 0.15) is 364 Å². The fourth-order valence-corrected chi connectivity index (χ4v) is 22.4. The second-order valence-electron chi connectivity index (χ2n) is 37.0. The van der Waals surface area contributed by atoms with Crippen molar-refractivity contribution in [2.75, 3.05) is 119 Å². The van der Waals surface area contributed by atoms with Gasteiger partial charge in [-0.2, -0.15) is 0 Å². The van der Waals surface area contributed by atoms with E-state index in [1.165, 1.54) is 274 Å². The lowest BCUT2D eigenvalue weighted by Gasteiger charge is -2.61. The minimum atomic E-state index is 0.454. The first-order valence-corrected chi connectivity index (χ1v) is 49.0. The summed E-state index contributed by atoms with van der Waals surface area (Å²) in [5.74, 6) is 17.3. The van der Waals surface area contributed by atoms with Gasteiger partial charge in [-0.3, -0.25) is 0 Å². The van der Waals surface area contributed by atoms with Crippen LogP contribution in [0.5, 0.6) is 0 Å². The van der Waals surface area contributed by atoms with Crippen LogP contribution in [0.4, 0.5) is 0 Å². The van der Waals surface area contributed by atoms with Crippen molar-refractivity contribution in [2.45, 2.75) is 366 Å². The summed E-state index contributed by atoms with van der Waals surface area (Å²) in [5.41, 5.74) is 3.50. The smallest absolute Gasteiger partial charge is 0.0521 e. The van der Waals surface area contributed by atoms with E-state index >= 15 is 0 Å². The molecule has 15 aliphatic rings. The molecule has 0 N–H and O–H groups in total. The summed E-state index contributed by atoms with van der Waals surface area (Å²) in [6.45, 7) is 42.4. The highest BCUT2D eigenvalue weighted by molar-refractivity contribution is 5.32. The molecule has 0 heterocycles. The van der Waals surface area contributed by atoms with Crippen molar-refractivity contribution in [3.8, 4) is 0 Å². The standard InChI is InChI=1S/C15H28O.C13H24O.C12H20O.C12H16O.C11H22O.C10H16O.C10H20O.C10H22O.C8H16O/c1-2-16-12-13-8-10-15(11-9-13)14-6-4-3-5-7-14;1-2-14-10-11-7-8-12-5-3-4-6-13(12)9-11;1-2-13-7-12-8-3-4-10-9(5-8)6-11(10)12;1-2-13-9-10-7-11-5-3-4-6-12(11)8-10;1-2-12-10-11-8-6-4-3-5-7-9-11;1-2-11-7-10-6-8-3-4-9(10)5-8;1-2-11-9-10-7-5-3-4-6-8-10;1-5-10(6-2,7-3)9-11-8-4;1-2-9-7-8-5-3-4-6-8/h13-15H,2-12H2,1H3;11-13H,2-10H2,1H3;8-12H,2-7H2,1H3;3-6,10H,2,7-9H2,1H3;11H,2-10H2,1H3;3-4,8-10H,2,5-7H2,1H3;10H,2-9H2,1H3;5-9H2,1-4H3;8H,2-7H2,1H3. The zero-order chi connectivity index (χ0) is 78.5. The van der Waals surface area contributed by atoms with Gasteiger partial charge >= 0.3 is 0 Å². The molecule has 11 unspecified atom stereocenters. The molecular formula is C101H184O9. The maximum absolute atomic E-state index is 5.62. The molecule has 13 fully saturated rings. The molecule has 9 heteroatoms. The van der Waals surface area contributed by atoms with E-state index in [0.717, 1.165) is 225 Å². The normalized spacial score (nSPS) is 29.1. The van der Waals surface area contributed by atoms with Gasteiger partial charge in [-0.05, 0) is 339 Å². The van der Waals surface area contributed by atoms with Gasteiger partial charge in [0, 0.05) is 112 Å². The van der Waals surface area contributed by atoms with Crippen LogP contribution in [0.2, 0.25) is 0 Å². The Morgan fingerprint density at radius 3 is 1.06 bits per heavy atom. The highest BCUT2D eigenvalue weighted by atomic mass is 16.5. The average Bonchev–Trinajstić information content (AvgIpc) is 0.956. The molecule has 0 saturated heterocycles. The van der Waals surface area contributed by atoms with Crippen molar-refractivity contribution in [1.29, 1.82) is 0 Å². The van der Waals surface area contributed by atoms with Crippen LogP contribution in [0.25, 0.3) is 0 Å². The largest absolute Gasteiger partial charge is 0.381 e. The van der Waals surface area contributed by atoms with E-state index in [1.807, 2.05) is 0 Å². The van der Waals surface area contributed by atoms with Gasteiger partial charge in [0.15, 0.2) is 0 Å². The molecule has 0 aliphatic heterocycles. The maximum Gasteiger partial charge on any atom is 0.0521 e. The van der Waals surface area contributed by atoms with Crippen LogP contribution in [0.15, 0.2) is 36.4 Å². The van der Waals surface area contributed by atoms with Gasteiger partial charge in [-0.25, -0.2) is 0 Å². The third-order valence-electron chi connectivity index (χ3n) is 29.7. The van der Waals surface area contributed by atoms with Crippen LogP contribution in [-0.2, 0) is 55.5 Å². The average molecular weight is 1540 g/mol.